The molecule has 1 aromatic carbocycles. The highest BCUT2D eigenvalue weighted by atomic mass is 35.5. The number of piperidine rings is 1. The molecule has 1 aliphatic rings. The molecule has 1 aromatic heterocycles. The molecule has 1 saturated heterocycles. The lowest BCUT2D eigenvalue weighted by Gasteiger charge is -2.31. The van der Waals surface area contributed by atoms with Crippen LogP contribution in [0.3, 0.4) is 0 Å². The molecule has 1 amide bonds. The molecular weight excluding hydrogens is 395 g/mol. The summed E-state index contributed by atoms with van der Waals surface area (Å²) in [6, 6.07) is 5.21. The minimum Gasteiger partial charge on any atom is -0.339 e. The summed E-state index contributed by atoms with van der Waals surface area (Å²) in [5, 5.41) is 8.54. The maximum Gasteiger partial charge on any atom is 0.257 e. The minimum absolute atomic E-state index is 0. The van der Waals surface area contributed by atoms with E-state index in [4.69, 9.17) is 23.2 Å². The molecule has 0 atom stereocenters. The maximum absolute atomic E-state index is 12.7. The number of halogens is 3. The van der Waals surface area contributed by atoms with E-state index in [1.165, 1.54) is 6.42 Å². The standard InChI is InChI=1S/C18H22Cl2N4O.ClH/c1-21-7-4-13-5-8-23(9-6-13)18(25)14-11-22-24(12-14)17-3-2-15(19)10-16(17)20;/h2-3,10-13,21H,4-9H2,1H3;1H. The van der Waals surface area contributed by atoms with Gasteiger partial charge in [-0.3, -0.25) is 4.79 Å². The van der Waals surface area contributed by atoms with Gasteiger partial charge in [0.1, 0.15) is 0 Å². The Hall–Kier alpha value is -1.27. The molecule has 1 fully saturated rings. The Morgan fingerprint density at radius 2 is 2.04 bits per heavy atom. The van der Waals surface area contributed by atoms with Crippen molar-refractivity contribution in [2.75, 3.05) is 26.7 Å². The Bertz CT molecular complexity index is 742. The first kappa shape index (κ1) is 21.0. The van der Waals surface area contributed by atoms with E-state index in [1.807, 2.05) is 11.9 Å². The van der Waals surface area contributed by atoms with Gasteiger partial charge in [0.2, 0.25) is 0 Å². The van der Waals surface area contributed by atoms with Crippen molar-refractivity contribution in [2.24, 2.45) is 5.92 Å². The molecule has 1 N–H and O–H groups in total. The second-order valence-electron chi connectivity index (χ2n) is 6.40. The molecular formula is C18H23Cl3N4O. The summed E-state index contributed by atoms with van der Waals surface area (Å²) in [5.41, 5.74) is 1.29. The molecule has 0 radical (unpaired) electrons. The molecule has 2 heterocycles. The third-order valence-corrected chi connectivity index (χ3v) is 5.23. The van der Waals surface area contributed by atoms with E-state index in [-0.39, 0.29) is 18.3 Å². The quantitative estimate of drug-likeness (QED) is 0.798. The summed E-state index contributed by atoms with van der Waals surface area (Å²) in [5.74, 6) is 0.732. The van der Waals surface area contributed by atoms with Gasteiger partial charge in [0.05, 0.1) is 22.5 Å². The zero-order chi connectivity index (χ0) is 17.8. The Morgan fingerprint density at radius 1 is 1.31 bits per heavy atom. The predicted octanol–water partition coefficient (Wildman–Crippen LogP) is 4.06. The summed E-state index contributed by atoms with van der Waals surface area (Å²) in [6.45, 7) is 2.65. The highest BCUT2D eigenvalue weighted by Crippen LogP contribution is 2.25. The fourth-order valence-corrected chi connectivity index (χ4v) is 3.68. The highest BCUT2D eigenvalue weighted by molar-refractivity contribution is 6.35. The Morgan fingerprint density at radius 3 is 2.69 bits per heavy atom. The van der Waals surface area contributed by atoms with Crippen LogP contribution in [0.25, 0.3) is 5.69 Å². The second-order valence-corrected chi connectivity index (χ2v) is 7.24. The number of carbonyl (C=O) groups is 1. The lowest BCUT2D eigenvalue weighted by Crippen LogP contribution is -2.38. The molecule has 0 bridgehead atoms. The first-order valence-corrected chi connectivity index (χ1v) is 9.28. The van der Waals surface area contributed by atoms with Gasteiger partial charge in [-0.15, -0.1) is 12.4 Å². The summed E-state index contributed by atoms with van der Waals surface area (Å²) in [4.78, 5) is 14.6. The normalized spacial score (nSPS) is 15.0. The maximum atomic E-state index is 12.7. The number of amides is 1. The molecule has 1 aliphatic heterocycles. The summed E-state index contributed by atoms with van der Waals surface area (Å²) in [6.07, 6.45) is 6.62. The van der Waals surface area contributed by atoms with Gasteiger partial charge in [-0.05, 0) is 57.0 Å². The largest absolute Gasteiger partial charge is 0.339 e. The van der Waals surface area contributed by atoms with Crippen molar-refractivity contribution in [2.45, 2.75) is 19.3 Å². The van der Waals surface area contributed by atoms with Gasteiger partial charge in [0.25, 0.3) is 5.91 Å². The minimum atomic E-state index is 0. The molecule has 0 spiro atoms. The van der Waals surface area contributed by atoms with Gasteiger partial charge < -0.3 is 10.2 Å². The Labute approximate surface area is 170 Å². The monoisotopic (exact) mass is 416 g/mol. The predicted molar refractivity (Wildman–Crippen MR) is 108 cm³/mol. The van der Waals surface area contributed by atoms with E-state index in [2.05, 4.69) is 10.4 Å². The summed E-state index contributed by atoms with van der Waals surface area (Å²) >= 11 is 12.1. The van der Waals surface area contributed by atoms with Crippen molar-refractivity contribution in [1.82, 2.24) is 20.0 Å². The second kappa shape index (κ2) is 9.60. The van der Waals surface area contributed by atoms with Crippen LogP contribution in [0, 0.1) is 5.92 Å². The van der Waals surface area contributed by atoms with Crippen molar-refractivity contribution < 1.29 is 4.79 Å². The van der Waals surface area contributed by atoms with Gasteiger partial charge in [0, 0.05) is 24.3 Å². The highest BCUT2D eigenvalue weighted by Gasteiger charge is 2.24. The molecule has 2 aromatic rings. The molecule has 0 aliphatic carbocycles. The summed E-state index contributed by atoms with van der Waals surface area (Å²) in [7, 11) is 1.98. The number of rotatable bonds is 5. The van der Waals surface area contributed by atoms with Gasteiger partial charge in [-0.25, -0.2) is 4.68 Å². The Kier molecular flexibility index (Phi) is 7.77. The van der Waals surface area contributed by atoms with Gasteiger partial charge in [0.15, 0.2) is 0 Å². The number of hydrogen-bond acceptors (Lipinski definition) is 3. The number of nitrogens with one attached hydrogen (secondary N) is 1. The van der Waals surface area contributed by atoms with Crippen molar-refractivity contribution in [3.63, 3.8) is 0 Å². The third kappa shape index (κ3) is 4.92. The fraction of sp³-hybridized carbons (Fsp3) is 0.444. The number of likely N-dealkylation sites (tertiary alicyclic amines) is 1. The summed E-state index contributed by atoms with van der Waals surface area (Å²) < 4.78 is 1.62. The van der Waals surface area contributed by atoms with E-state index in [1.54, 1.807) is 35.3 Å². The van der Waals surface area contributed by atoms with Crippen LogP contribution in [0.2, 0.25) is 10.0 Å². The van der Waals surface area contributed by atoms with E-state index in [0.29, 0.717) is 27.2 Å². The van der Waals surface area contributed by atoms with Gasteiger partial charge >= 0.3 is 0 Å². The van der Waals surface area contributed by atoms with Crippen LogP contribution < -0.4 is 5.32 Å². The van der Waals surface area contributed by atoms with E-state index < -0.39 is 0 Å². The topological polar surface area (TPSA) is 50.2 Å². The number of benzene rings is 1. The number of carbonyl (C=O) groups excluding carboxylic acids is 1. The van der Waals surface area contributed by atoms with Gasteiger partial charge in [-0.2, -0.15) is 5.10 Å². The molecule has 142 valence electrons. The van der Waals surface area contributed by atoms with Crippen molar-refractivity contribution >= 4 is 41.5 Å². The van der Waals surface area contributed by atoms with Crippen LogP contribution in [0.1, 0.15) is 29.6 Å². The van der Waals surface area contributed by atoms with E-state index in [0.717, 1.165) is 32.5 Å². The van der Waals surface area contributed by atoms with Gasteiger partial charge in [-0.1, -0.05) is 23.2 Å². The van der Waals surface area contributed by atoms with Crippen LogP contribution in [-0.2, 0) is 0 Å². The number of nitrogens with zero attached hydrogens (tertiary/aromatic N) is 3. The zero-order valence-corrected chi connectivity index (χ0v) is 16.9. The van der Waals surface area contributed by atoms with Crippen molar-refractivity contribution in [3.8, 4) is 5.69 Å². The molecule has 3 rings (SSSR count). The third-order valence-electron chi connectivity index (χ3n) is 4.69. The average molecular weight is 418 g/mol. The van der Waals surface area contributed by atoms with Crippen molar-refractivity contribution in [3.05, 3.63) is 46.2 Å². The number of aromatic nitrogens is 2. The Balaban J connectivity index is 0.00000243. The number of hydrogen-bond donors (Lipinski definition) is 1. The molecule has 8 heteroatoms. The fourth-order valence-electron chi connectivity index (χ4n) is 3.19. The SMILES string of the molecule is CNCCC1CCN(C(=O)c2cnn(-c3ccc(Cl)cc3Cl)c2)CC1.Cl. The van der Waals surface area contributed by atoms with Crippen LogP contribution in [0.15, 0.2) is 30.6 Å². The average Bonchev–Trinajstić information content (AvgIpc) is 3.09. The molecule has 0 saturated carbocycles. The smallest absolute Gasteiger partial charge is 0.257 e. The van der Waals surface area contributed by atoms with Crippen LogP contribution >= 0.6 is 35.6 Å². The van der Waals surface area contributed by atoms with Crippen molar-refractivity contribution in [1.29, 1.82) is 0 Å². The van der Waals surface area contributed by atoms with Crippen LogP contribution in [0.4, 0.5) is 0 Å². The van der Waals surface area contributed by atoms with Crippen LogP contribution in [-0.4, -0.2) is 47.3 Å². The lowest BCUT2D eigenvalue weighted by molar-refractivity contribution is 0.0687. The molecule has 5 nitrogen and oxygen atoms in total. The lowest BCUT2D eigenvalue weighted by atomic mass is 9.93. The van der Waals surface area contributed by atoms with E-state index >= 15 is 0 Å². The van der Waals surface area contributed by atoms with Crippen LogP contribution in [0.5, 0.6) is 0 Å². The van der Waals surface area contributed by atoms with E-state index in [9.17, 15) is 4.79 Å². The molecule has 26 heavy (non-hydrogen) atoms. The zero-order valence-electron chi connectivity index (χ0n) is 14.6. The first-order chi connectivity index (χ1) is 12.1. The molecule has 0 unspecified atom stereocenters. The first-order valence-electron chi connectivity index (χ1n) is 8.52.